The van der Waals surface area contributed by atoms with Gasteiger partial charge in [-0.2, -0.15) is 0 Å². The van der Waals surface area contributed by atoms with Crippen molar-refractivity contribution in [2.45, 2.75) is 32.7 Å². The fourth-order valence-electron chi connectivity index (χ4n) is 1.14. The number of rotatable bonds is 4. The molecule has 0 saturated heterocycles. The molecule has 0 N–H and O–H groups in total. The maximum Gasteiger partial charge on any atom is 0.317 e. The van der Waals surface area contributed by atoms with Crippen LogP contribution in [0.25, 0.3) is 0 Å². The molecule has 0 saturated carbocycles. The van der Waals surface area contributed by atoms with Gasteiger partial charge in [0.2, 0.25) is 0 Å². The largest absolute Gasteiger partial charge is 0.464 e. The normalized spacial score (nSPS) is 10.8. The Kier molecular flexibility index (Phi) is 3.54. The van der Waals surface area contributed by atoms with Gasteiger partial charge in [-0.05, 0) is 20.8 Å². The quantitative estimate of drug-likeness (QED) is 0.703. The van der Waals surface area contributed by atoms with Crippen LogP contribution in [-0.2, 0) is 5.88 Å². The summed E-state index contributed by atoms with van der Waals surface area (Å²) in [5.74, 6) is 1.11. The Balaban J connectivity index is 2.99. The molecular formula is C8H14ClN3O. The lowest BCUT2D eigenvalue weighted by Crippen LogP contribution is -2.08. The molecule has 0 unspecified atom stereocenters. The molecule has 0 amide bonds. The van der Waals surface area contributed by atoms with Crippen molar-refractivity contribution in [2.75, 3.05) is 6.61 Å². The second-order valence-corrected chi connectivity index (χ2v) is 3.20. The fourth-order valence-corrected chi connectivity index (χ4v) is 1.33. The van der Waals surface area contributed by atoms with Gasteiger partial charge in [0.1, 0.15) is 0 Å². The van der Waals surface area contributed by atoms with Crippen LogP contribution in [0.3, 0.4) is 0 Å². The second kappa shape index (κ2) is 4.46. The molecule has 1 heterocycles. The van der Waals surface area contributed by atoms with Crippen molar-refractivity contribution in [2.24, 2.45) is 0 Å². The van der Waals surface area contributed by atoms with E-state index in [0.29, 0.717) is 18.5 Å². The fraction of sp³-hybridized carbons (Fsp3) is 0.750. The minimum atomic E-state index is 0.269. The van der Waals surface area contributed by atoms with Gasteiger partial charge in [-0.1, -0.05) is 5.10 Å². The van der Waals surface area contributed by atoms with E-state index < -0.39 is 0 Å². The van der Waals surface area contributed by atoms with E-state index in [0.717, 1.165) is 5.82 Å². The molecule has 0 aliphatic carbocycles. The Hall–Kier alpha value is -0.770. The summed E-state index contributed by atoms with van der Waals surface area (Å²) in [7, 11) is 0. The molecule has 1 rings (SSSR count). The van der Waals surface area contributed by atoms with E-state index in [1.165, 1.54) is 0 Å². The highest BCUT2D eigenvalue weighted by atomic mass is 35.5. The standard InChI is InChI=1S/C8H14ClN3O/c1-4-13-8-11-10-7(5-9)12(8)6(2)3/h6H,4-5H2,1-3H3. The Morgan fingerprint density at radius 3 is 2.62 bits per heavy atom. The number of nitrogens with zero attached hydrogens (tertiary/aromatic N) is 3. The minimum Gasteiger partial charge on any atom is -0.464 e. The van der Waals surface area contributed by atoms with Crippen molar-refractivity contribution < 1.29 is 4.74 Å². The highest BCUT2D eigenvalue weighted by molar-refractivity contribution is 6.16. The highest BCUT2D eigenvalue weighted by Crippen LogP contribution is 2.18. The molecule has 5 heteroatoms. The van der Waals surface area contributed by atoms with E-state index in [-0.39, 0.29) is 6.04 Å². The predicted octanol–water partition coefficient (Wildman–Crippen LogP) is 2.00. The second-order valence-electron chi connectivity index (χ2n) is 2.93. The van der Waals surface area contributed by atoms with E-state index in [2.05, 4.69) is 10.2 Å². The molecule has 0 bridgehead atoms. The molecule has 0 aromatic carbocycles. The first-order valence-corrected chi connectivity index (χ1v) is 4.86. The van der Waals surface area contributed by atoms with Crippen molar-refractivity contribution in [3.8, 4) is 6.01 Å². The van der Waals surface area contributed by atoms with Gasteiger partial charge in [0.15, 0.2) is 5.82 Å². The van der Waals surface area contributed by atoms with Gasteiger partial charge in [0.25, 0.3) is 0 Å². The molecule has 0 radical (unpaired) electrons. The number of ether oxygens (including phenoxy) is 1. The van der Waals surface area contributed by atoms with Gasteiger partial charge in [0, 0.05) is 6.04 Å². The van der Waals surface area contributed by atoms with Gasteiger partial charge in [-0.3, -0.25) is 4.57 Å². The Morgan fingerprint density at radius 1 is 1.46 bits per heavy atom. The third-order valence-corrected chi connectivity index (χ3v) is 1.88. The van der Waals surface area contributed by atoms with Crippen LogP contribution in [0.2, 0.25) is 0 Å². The third-order valence-electron chi connectivity index (χ3n) is 1.64. The molecule has 0 aliphatic heterocycles. The van der Waals surface area contributed by atoms with Gasteiger partial charge < -0.3 is 4.74 Å². The SMILES string of the molecule is CCOc1nnc(CCl)n1C(C)C. The number of halogens is 1. The molecule has 1 aromatic heterocycles. The lowest BCUT2D eigenvalue weighted by atomic mass is 10.4. The smallest absolute Gasteiger partial charge is 0.317 e. The molecule has 1 aromatic rings. The average Bonchev–Trinajstić information content (AvgIpc) is 2.48. The Morgan fingerprint density at radius 2 is 2.15 bits per heavy atom. The zero-order valence-corrected chi connectivity index (χ0v) is 8.88. The molecule has 0 aliphatic rings. The lowest BCUT2D eigenvalue weighted by Gasteiger charge is -2.11. The van der Waals surface area contributed by atoms with Gasteiger partial charge in [0.05, 0.1) is 12.5 Å². The molecule has 0 spiro atoms. The Labute approximate surface area is 82.9 Å². The van der Waals surface area contributed by atoms with E-state index in [1.54, 1.807) is 0 Å². The van der Waals surface area contributed by atoms with Gasteiger partial charge >= 0.3 is 6.01 Å². The van der Waals surface area contributed by atoms with Crippen molar-refractivity contribution in [1.29, 1.82) is 0 Å². The monoisotopic (exact) mass is 203 g/mol. The third kappa shape index (κ3) is 2.12. The van der Waals surface area contributed by atoms with Crippen molar-refractivity contribution in [3.63, 3.8) is 0 Å². The number of alkyl halides is 1. The summed E-state index contributed by atoms with van der Waals surface area (Å²) in [5, 5.41) is 7.83. The van der Waals surface area contributed by atoms with Gasteiger partial charge in [-0.25, -0.2) is 0 Å². The average molecular weight is 204 g/mol. The summed E-state index contributed by atoms with van der Waals surface area (Å²) in [6.07, 6.45) is 0. The number of hydrogen-bond acceptors (Lipinski definition) is 3. The van der Waals surface area contributed by atoms with E-state index in [4.69, 9.17) is 16.3 Å². The number of aromatic nitrogens is 3. The number of hydrogen-bond donors (Lipinski definition) is 0. The van der Waals surface area contributed by atoms with Crippen LogP contribution in [0.5, 0.6) is 6.01 Å². The molecule has 74 valence electrons. The van der Waals surface area contributed by atoms with Crippen LogP contribution in [0.4, 0.5) is 0 Å². The van der Waals surface area contributed by atoms with Crippen LogP contribution in [0.1, 0.15) is 32.6 Å². The molecule has 0 atom stereocenters. The van der Waals surface area contributed by atoms with Crippen molar-refractivity contribution >= 4 is 11.6 Å². The minimum absolute atomic E-state index is 0.269. The first kappa shape index (κ1) is 10.3. The van der Waals surface area contributed by atoms with Crippen LogP contribution < -0.4 is 4.74 Å². The van der Waals surface area contributed by atoms with E-state index in [1.807, 2.05) is 25.3 Å². The van der Waals surface area contributed by atoms with E-state index >= 15 is 0 Å². The molecular weight excluding hydrogens is 190 g/mol. The lowest BCUT2D eigenvalue weighted by molar-refractivity contribution is 0.287. The van der Waals surface area contributed by atoms with Crippen LogP contribution in [-0.4, -0.2) is 21.4 Å². The maximum absolute atomic E-state index is 5.71. The first-order valence-electron chi connectivity index (χ1n) is 4.33. The van der Waals surface area contributed by atoms with Crippen LogP contribution >= 0.6 is 11.6 Å². The molecule has 13 heavy (non-hydrogen) atoms. The van der Waals surface area contributed by atoms with Crippen LogP contribution in [0, 0.1) is 0 Å². The van der Waals surface area contributed by atoms with Crippen molar-refractivity contribution in [1.82, 2.24) is 14.8 Å². The molecule has 0 fully saturated rings. The molecule has 4 nitrogen and oxygen atoms in total. The van der Waals surface area contributed by atoms with Gasteiger partial charge in [-0.15, -0.1) is 16.7 Å². The first-order chi connectivity index (χ1) is 6.20. The summed E-state index contributed by atoms with van der Waals surface area (Å²) in [5.41, 5.74) is 0. The van der Waals surface area contributed by atoms with E-state index in [9.17, 15) is 0 Å². The summed E-state index contributed by atoms with van der Waals surface area (Å²) < 4.78 is 7.21. The zero-order chi connectivity index (χ0) is 9.84. The maximum atomic E-state index is 5.71. The summed E-state index contributed by atoms with van der Waals surface area (Å²) >= 11 is 5.71. The zero-order valence-electron chi connectivity index (χ0n) is 8.12. The Bertz CT molecular complexity index is 272. The summed E-state index contributed by atoms with van der Waals surface area (Å²) in [4.78, 5) is 0. The summed E-state index contributed by atoms with van der Waals surface area (Å²) in [6.45, 7) is 6.59. The van der Waals surface area contributed by atoms with Crippen LogP contribution in [0.15, 0.2) is 0 Å². The highest BCUT2D eigenvalue weighted by Gasteiger charge is 2.14. The van der Waals surface area contributed by atoms with Crippen molar-refractivity contribution in [3.05, 3.63) is 5.82 Å². The summed E-state index contributed by atoms with van der Waals surface area (Å²) in [6, 6.07) is 0.818. The predicted molar refractivity (Wildman–Crippen MR) is 51.1 cm³/mol. The topological polar surface area (TPSA) is 39.9 Å².